The second-order valence-corrected chi connectivity index (χ2v) is 6.54. The summed E-state index contributed by atoms with van der Waals surface area (Å²) >= 11 is 7.59. The predicted octanol–water partition coefficient (Wildman–Crippen LogP) is 4.35. The van der Waals surface area contributed by atoms with Gasteiger partial charge in [0.15, 0.2) is 0 Å². The van der Waals surface area contributed by atoms with Crippen LogP contribution in [0.3, 0.4) is 0 Å². The molecule has 0 saturated heterocycles. The quantitative estimate of drug-likeness (QED) is 0.650. The summed E-state index contributed by atoms with van der Waals surface area (Å²) in [7, 11) is 0. The summed E-state index contributed by atoms with van der Waals surface area (Å²) < 4.78 is 0. The van der Waals surface area contributed by atoms with Crippen LogP contribution in [0.4, 0.5) is 11.4 Å². The summed E-state index contributed by atoms with van der Waals surface area (Å²) in [6, 6.07) is 13.0. The van der Waals surface area contributed by atoms with Gasteiger partial charge in [-0.3, -0.25) is 4.79 Å². The summed E-state index contributed by atoms with van der Waals surface area (Å²) in [5.74, 6) is -0.0880. The zero-order chi connectivity index (χ0) is 15.4. The zero-order valence-electron chi connectivity index (χ0n) is 11.9. The third-order valence-electron chi connectivity index (χ3n) is 3.02. The summed E-state index contributed by atoms with van der Waals surface area (Å²) in [6.45, 7) is 3.90. The molecule has 0 aliphatic rings. The van der Waals surface area contributed by atoms with E-state index in [2.05, 4.69) is 5.32 Å². The average Bonchev–Trinajstić information content (AvgIpc) is 2.44. The zero-order valence-corrected chi connectivity index (χ0v) is 13.5. The molecule has 2 aromatic rings. The first-order valence-corrected chi connectivity index (χ1v) is 7.81. The van der Waals surface area contributed by atoms with Crippen LogP contribution < -0.4 is 11.1 Å². The number of hydrogen-bond donors (Lipinski definition) is 2. The maximum Gasteiger partial charge on any atom is 0.237 e. The van der Waals surface area contributed by atoms with Crippen LogP contribution in [0.5, 0.6) is 0 Å². The molecule has 5 heteroatoms. The highest BCUT2D eigenvalue weighted by Crippen LogP contribution is 2.29. The van der Waals surface area contributed by atoms with E-state index in [1.54, 1.807) is 18.2 Å². The number of rotatable bonds is 4. The Bertz CT molecular complexity index is 660. The Morgan fingerprint density at radius 3 is 2.67 bits per heavy atom. The lowest BCUT2D eigenvalue weighted by atomic mass is 10.2. The second-order valence-electron chi connectivity index (χ2n) is 4.75. The number of halogens is 1. The van der Waals surface area contributed by atoms with Crippen molar-refractivity contribution in [2.45, 2.75) is 24.0 Å². The van der Waals surface area contributed by atoms with Gasteiger partial charge in [0.2, 0.25) is 5.91 Å². The van der Waals surface area contributed by atoms with Crippen molar-refractivity contribution in [2.24, 2.45) is 0 Å². The van der Waals surface area contributed by atoms with E-state index in [0.717, 1.165) is 10.5 Å². The molecule has 0 bridgehead atoms. The van der Waals surface area contributed by atoms with Crippen LogP contribution in [0.15, 0.2) is 47.4 Å². The number of anilines is 2. The van der Waals surface area contributed by atoms with Gasteiger partial charge in [-0.2, -0.15) is 0 Å². The highest BCUT2D eigenvalue weighted by Gasteiger charge is 2.16. The summed E-state index contributed by atoms with van der Waals surface area (Å²) in [6.07, 6.45) is 0. The SMILES string of the molecule is Cc1ccccc1SC(C)C(=O)Nc1ccc(N)cc1Cl. The fourth-order valence-electron chi connectivity index (χ4n) is 1.80. The molecule has 110 valence electrons. The molecule has 0 saturated carbocycles. The van der Waals surface area contributed by atoms with E-state index in [-0.39, 0.29) is 11.2 Å². The Morgan fingerprint density at radius 2 is 2.00 bits per heavy atom. The third kappa shape index (κ3) is 4.16. The normalized spacial score (nSPS) is 12.0. The average molecular weight is 321 g/mol. The molecule has 1 unspecified atom stereocenters. The Kier molecular flexibility index (Phi) is 5.15. The molecule has 2 aromatic carbocycles. The molecule has 1 atom stereocenters. The van der Waals surface area contributed by atoms with Crippen LogP contribution in [0.25, 0.3) is 0 Å². The molecule has 0 spiro atoms. The van der Waals surface area contributed by atoms with Gasteiger partial charge in [-0.1, -0.05) is 29.8 Å². The van der Waals surface area contributed by atoms with Crippen LogP contribution in [0, 0.1) is 6.92 Å². The van der Waals surface area contributed by atoms with Crippen molar-refractivity contribution in [2.75, 3.05) is 11.1 Å². The van der Waals surface area contributed by atoms with E-state index in [1.165, 1.54) is 11.8 Å². The van der Waals surface area contributed by atoms with Gasteiger partial charge in [0.05, 0.1) is 16.0 Å². The van der Waals surface area contributed by atoms with Gasteiger partial charge in [0.25, 0.3) is 0 Å². The van der Waals surface area contributed by atoms with Crippen LogP contribution in [-0.4, -0.2) is 11.2 Å². The van der Waals surface area contributed by atoms with E-state index < -0.39 is 0 Å². The minimum Gasteiger partial charge on any atom is -0.399 e. The minimum absolute atomic E-state index is 0.0880. The second kappa shape index (κ2) is 6.87. The van der Waals surface area contributed by atoms with E-state index in [9.17, 15) is 4.79 Å². The van der Waals surface area contributed by atoms with Crippen molar-refractivity contribution < 1.29 is 4.79 Å². The lowest BCUT2D eigenvalue weighted by molar-refractivity contribution is -0.115. The van der Waals surface area contributed by atoms with Crippen molar-refractivity contribution >= 4 is 40.6 Å². The molecule has 1 amide bonds. The number of carbonyl (C=O) groups is 1. The molecular weight excluding hydrogens is 304 g/mol. The monoisotopic (exact) mass is 320 g/mol. The molecular formula is C16H17ClN2OS. The van der Waals surface area contributed by atoms with Crippen LogP contribution in [0.1, 0.15) is 12.5 Å². The standard InChI is InChI=1S/C16H17ClN2OS/c1-10-5-3-4-6-15(10)21-11(2)16(20)19-14-8-7-12(18)9-13(14)17/h3-9,11H,18H2,1-2H3,(H,19,20). The van der Waals surface area contributed by atoms with Crippen molar-refractivity contribution in [3.05, 3.63) is 53.1 Å². The molecule has 0 aliphatic heterocycles. The molecule has 0 radical (unpaired) electrons. The number of nitrogens with one attached hydrogen (secondary N) is 1. The number of carbonyl (C=O) groups excluding carboxylic acids is 1. The number of hydrogen-bond acceptors (Lipinski definition) is 3. The summed E-state index contributed by atoms with van der Waals surface area (Å²) in [5, 5.41) is 3.05. The molecule has 2 rings (SSSR count). The Hall–Kier alpha value is -1.65. The summed E-state index contributed by atoms with van der Waals surface area (Å²) in [5.41, 5.74) is 7.94. The smallest absolute Gasteiger partial charge is 0.237 e. The molecule has 0 heterocycles. The number of nitrogens with two attached hydrogens (primary N) is 1. The number of aryl methyl sites for hydroxylation is 1. The number of benzene rings is 2. The van der Waals surface area contributed by atoms with Gasteiger partial charge in [0.1, 0.15) is 0 Å². The maximum atomic E-state index is 12.2. The van der Waals surface area contributed by atoms with Gasteiger partial charge in [-0.15, -0.1) is 11.8 Å². The number of thioether (sulfide) groups is 1. The largest absolute Gasteiger partial charge is 0.399 e. The highest BCUT2D eigenvalue weighted by molar-refractivity contribution is 8.00. The lowest BCUT2D eigenvalue weighted by Gasteiger charge is -2.14. The lowest BCUT2D eigenvalue weighted by Crippen LogP contribution is -2.22. The van der Waals surface area contributed by atoms with Crippen molar-refractivity contribution in [3.8, 4) is 0 Å². The van der Waals surface area contributed by atoms with Crippen molar-refractivity contribution in [1.82, 2.24) is 0 Å². The van der Waals surface area contributed by atoms with Crippen LogP contribution in [0.2, 0.25) is 5.02 Å². The van der Waals surface area contributed by atoms with Crippen LogP contribution in [-0.2, 0) is 4.79 Å². The highest BCUT2D eigenvalue weighted by atomic mass is 35.5. The van der Waals surface area contributed by atoms with E-state index >= 15 is 0 Å². The van der Waals surface area contributed by atoms with Crippen molar-refractivity contribution in [1.29, 1.82) is 0 Å². The first-order valence-electron chi connectivity index (χ1n) is 6.55. The van der Waals surface area contributed by atoms with Gasteiger partial charge in [-0.05, 0) is 43.7 Å². The number of amides is 1. The molecule has 21 heavy (non-hydrogen) atoms. The van der Waals surface area contributed by atoms with Gasteiger partial charge in [0, 0.05) is 10.6 Å². The van der Waals surface area contributed by atoms with E-state index in [0.29, 0.717) is 16.4 Å². The maximum absolute atomic E-state index is 12.2. The Labute approximate surface area is 133 Å². The van der Waals surface area contributed by atoms with E-state index in [1.807, 2.05) is 38.1 Å². The van der Waals surface area contributed by atoms with Gasteiger partial charge in [-0.25, -0.2) is 0 Å². The topological polar surface area (TPSA) is 55.1 Å². The molecule has 0 aromatic heterocycles. The minimum atomic E-state index is -0.222. The van der Waals surface area contributed by atoms with Gasteiger partial charge >= 0.3 is 0 Å². The fraction of sp³-hybridized carbons (Fsp3) is 0.188. The first-order chi connectivity index (χ1) is 9.97. The van der Waals surface area contributed by atoms with E-state index in [4.69, 9.17) is 17.3 Å². The fourth-order valence-corrected chi connectivity index (χ4v) is 2.99. The van der Waals surface area contributed by atoms with Gasteiger partial charge < -0.3 is 11.1 Å². The summed E-state index contributed by atoms with van der Waals surface area (Å²) in [4.78, 5) is 13.3. The molecule has 3 nitrogen and oxygen atoms in total. The molecule has 0 fully saturated rings. The first kappa shape index (κ1) is 15.7. The number of nitrogen functional groups attached to an aromatic ring is 1. The Morgan fingerprint density at radius 1 is 1.29 bits per heavy atom. The predicted molar refractivity (Wildman–Crippen MR) is 91.0 cm³/mol. The van der Waals surface area contributed by atoms with Crippen LogP contribution >= 0.6 is 23.4 Å². The Balaban J connectivity index is 2.04. The molecule has 0 aliphatic carbocycles. The third-order valence-corrected chi connectivity index (χ3v) is 4.61. The molecule has 3 N–H and O–H groups in total. The van der Waals surface area contributed by atoms with Crippen molar-refractivity contribution in [3.63, 3.8) is 0 Å².